The van der Waals surface area contributed by atoms with Gasteiger partial charge in [0.05, 0.1) is 13.7 Å². The van der Waals surface area contributed by atoms with E-state index in [0.29, 0.717) is 24.5 Å². The van der Waals surface area contributed by atoms with Crippen molar-refractivity contribution >= 4 is 5.91 Å². The van der Waals surface area contributed by atoms with Gasteiger partial charge >= 0.3 is 0 Å². The molecular formula is C20H25NO4. The zero-order valence-corrected chi connectivity index (χ0v) is 15.2. The van der Waals surface area contributed by atoms with E-state index in [0.717, 1.165) is 16.9 Å². The molecule has 5 heteroatoms. The van der Waals surface area contributed by atoms with Crippen LogP contribution in [0.3, 0.4) is 0 Å². The van der Waals surface area contributed by atoms with Crippen LogP contribution in [0.15, 0.2) is 42.5 Å². The molecule has 134 valence electrons. The summed E-state index contributed by atoms with van der Waals surface area (Å²) in [5.41, 5.74) is 2.44. The van der Waals surface area contributed by atoms with Crippen LogP contribution >= 0.6 is 0 Å². The van der Waals surface area contributed by atoms with Crippen LogP contribution in [0, 0.1) is 6.92 Å². The predicted octanol–water partition coefficient (Wildman–Crippen LogP) is 3.35. The standard InChI is InChI=1S/C20H25NO4/c1-14-7-5-6-8-18(14)25-13-17-11-16(9-10-19(17)24-4)20(22)21-15(2)12-23-3/h5-11,15H,12-13H2,1-4H3,(H,21,22)/t15-/m1/s1. The number of aryl methyl sites for hydroxylation is 1. The molecule has 5 nitrogen and oxygen atoms in total. The second-order valence-electron chi connectivity index (χ2n) is 5.91. The van der Waals surface area contributed by atoms with Crippen molar-refractivity contribution in [1.29, 1.82) is 0 Å². The molecule has 0 spiro atoms. The highest BCUT2D eigenvalue weighted by Crippen LogP contribution is 2.24. The molecule has 0 aliphatic rings. The fourth-order valence-electron chi connectivity index (χ4n) is 2.51. The summed E-state index contributed by atoms with van der Waals surface area (Å²) in [6, 6.07) is 13.1. The van der Waals surface area contributed by atoms with E-state index >= 15 is 0 Å². The molecule has 0 radical (unpaired) electrons. The highest BCUT2D eigenvalue weighted by atomic mass is 16.5. The lowest BCUT2D eigenvalue weighted by atomic mass is 10.1. The molecule has 0 heterocycles. The highest BCUT2D eigenvalue weighted by Gasteiger charge is 2.13. The molecule has 0 aliphatic heterocycles. The average Bonchev–Trinajstić information content (AvgIpc) is 2.61. The minimum absolute atomic E-state index is 0.0636. The van der Waals surface area contributed by atoms with Crippen molar-refractivity contribution < 1.29 is 19.0 Å². The molecule has 0 bridgehead atoms. The minimum Gasteiger partial charge on any atom is -0.496 e. The second-order valence-corrected chi connectivity index (χ2v) is 5.91. The third-order valence-corrected chi connectivity index (χ3v) is 3.81. The number of methoxy groups -OCH3 is 2. The van der Waals surface area contributed by atoms with Crippen molar-refractivity contribution in [2.75, 3.05) is 20.8 Å². The number of nitrogens with one attached hydrogen (secondary N) is 1. The summed E-state index contributed by atoms with van der Waals surface area (Å²) in [4.78, 5) is 12.4. The number of carbonyl (C=O) groups excluding carboxylic acids is 1. The normalized spacial score (nSPS) is 11.7. The summed E-state index contributed by atoms with van der Waals surface area (Å²) in [5, 5.41) is 2.90. The Morgan fingerprint density at radius 2 is 1.88 bits per heavy atom. The topological polar surface area (TPSA) is 56.8 Å². The van der Waals surface area contributed by atoms with E-state index in [4.69, 9.17) is 14.2 Å². The summed E-state index contributed by atoms with van der Waals surface area (Å²) < 4.78 is 16.3. The quantitative estimate of drug-likeness (QED) is 0.799. The summed E-state index contributed by atoms with van der Waals surface area (Å²) in [6.45, 7) is 4.68. The first-order valence-corrected chi connectivity index (χ1v) is 8.20. The molecule has 1 N–H and O–H groups in total. The lowest BCUT2D eigenvalue weighted by molar-refractivity contribution is 0.0905. The van der Waals surface area contributed by atoms with Gasteiger partial charge in [-0.2, -0.15) is 0 Å². The van der Waals surface area contributed by atoms with Crippen molar-refractivity contribution in [2.45, 2.75) is 26.5 Å². The molecule has 25 heavy (non-hydrogen) atoms. The van der Waals surface area contributed by atoms with Crippen LogP contribution in [-0.2, 0) is 11.3 Å². The van der Waals surface area contributed by atoms with Crippen LogP contribution in [-0.4, -0.2) is 32.8 Å². The molecule has 0 saturated heterocycles. The summed E-state index contributed by atoms with van der Waals surface area (Å²) >= 11 is 0. The first kappa shape index (κ1) is 18.8. The molecule has 1 atom stereocenters. The van der Waals surface area contributed by atoms with E-state index in [9.17, 15) is 4.79 Å². The molecule has 0 unspecified atom stereocenters. The zero-order valence-electron chi connectivity index (χ0n) is 15.2. The van der Waals surface area contributed by atoms with Crippen LogP contribution in [0.2, 0.25) is 0 Å². The van der Waals surface area contributed by atoms with Crippen LogP contribution in [0.4, 0.5) is 0 Å². The Morgan fingerprint density at radius 3 is 2.56 bits per heavy atom. The van der Waals surface area contributed by atoms with Gasteiger partial charge in [-0.05, 0) is 43.7 Å². The maximum atomic E-state index is 12.4. The van der Waals surface area contributed by atoms with Gasteiger partial charge in [-0.3, -0.25) is 4.79 Å². The summed E-state index contributed by atoms with van der Waals surface area (Å²) in [7, 11) is 3.21. The number of hydrogen-bond acceptors (Lipinski definition) is 4. The van der Waals surface area contributed by atoms with Gasteiger partial charge in [0.1, 0.15) is 18.1 Å². The van der Waals surface area contributed by atoms with Crippen molar-refractivity contribution in [3.05, 3.63) is 59.2 Å². The average molecular weight is 343 g/mol. The van der Waals surface area contributed by atoms with E-state index < -0.39 is 0 Å². The Bertz CT molecular complexity index is 715. The van der Waals surface area contributed by atoms with Crippen LogP contribution < -0.4 is 14.8 Å². The van der Waals surface area contributed by atoms with Crippen LogP contribution in [0.1, 0.15) is 28.4 Å². The SMILES string of the molecule is COC[C@@H](C)NC(=O)c1ccc(OC)c(COc2ccccc2C)c1. The molecule has 0 saturated carbocycles. The van der Waals surface area contributed by atoms with Gasteiger partial charge in [0.15, 0.2) is 0 Å². The van der Waals surface area contributed by atoms with Gasteiger partial charge in [0.2, 0.25) is 0 Å². The Labute approximate surface area is 148 Å². The Hall–Kier alpha value is -2.53. The predicted molar refractivity (Wildman–Crippen MR) is 97.3 cm³/mol. The fourth-order valence-corrected chi connectivity index (χ4v) is 2.51. The number of para-hydroxylation sites is 1. The molecule has 2 aromatic rings. The Morgan fingerprint density at radius 1 is 1.12 bits per heavy atom. The van der Waals surface area contributed by atoms with Crippen LogP contribution in [0.5, 0.6) is 11.5 Å². The van der Waals surface area contributed by atoms with Gasteiger partial charge in [0.25, 0.3) is 5.91 Å². The van der Waals surface area contributed by atoms with Crippen molar-refractivity contribution in [2.24, 2.45) is 0 Å². The summed E-state index contributed by atoms with van der Waals surface area (Å²) in [6.07, 6.45) is 0. The Kier molecular flexibility index (Phi) is 6.83. The molecule has 0 aliphatic carbocycles. The zero-order chi connectivity index (χ0) is 18.2. The monoisotopic (exact) mass is 343 g/mol. The van der Waals surface area contributed by atoms with E-state index in [1.54, 1.807) is 32.4 Å². The van der Waals surface area contributed by atoms with E-state index in [2.05, 4.69) is 5.32 Å². The Balaban J connectivity index is 2.13. The maximum Gasteiger partial charge on any atom is 0.251 e. The third-order valence-electron chi connectivity index (χ3n) is 3.81. The number of benzene rings is 2. The van der Waals surface area contributed by atoms with Gasteiger partial charge in [-0.15, -0.1) is 0 Å². The van der Waals surface area contributed by atoms with Gasteiger partial charge < -0.3 is 19.5 Å². The molecule has 2 aromatic carbocycles. The van der Waals surface area contributed by atoms with Gasteiger partial charge in [-0.1, -0.05) is 18.2 Å². The van der Waals surface area contributed by atoms with Crippen molar-refractivity contribution in [3.63, 3.8) is 0 Å². The van der Waals surface area contributed by atoms with E-state index in [1.165, 1.54) is 0 Å². The van der Waals surface area contributed by atoms with E-state index in [1.807, 2.05) is 38.1 Å². The molecule has 2 rings (SSSR count). The van der Waals surface area contributed by atoms with Crippen LogP contribution in [0.25, 0.3) is 0 Å². The first-order valence-electron chi connectivity index (χ1n) is 8.20. The number of rotatable bonds is 8. The number of ether oxygens (including phenoxy) is 3. The largest absolute Gasteiger partial charge is 0.496 e. The van der Waals surface area contributed by atoms with Gasteiger partial charge in [0, 0.05) is 24.3 Å². The lowest BCUT2D eigenvalue weighted by Gasteiger charge is -2.15. The lowest BCUT2D eigenvalue weighted by Crippen LogP contribution is -2.35. The molecule has 0 fully saturated rings. The summed E-state index contributed by atoms with van der Waals surface area (Å²) in [5.74, 6) is 1.35. The maximum absolute atomic E-state index is 12.4. The number of amides is 1. The second kappa shape index (κ2) is 9.08. The third kappa shape index (κ3) is 5.22. The minimum atomic E-state index is -0.149. The highest BCUT2D eigenvalue weighted by molar-refractivity contribution is 5.94. The van der Waals surface area contributed by atoms with Gasteiger partial charge in [-0.25, -0.2) is 0 Å². The molecule has 0 aromatic heterocycles. The molecule has 1 amide bonds. The van der Waals surface area contributed by atoms with E-state index in [-0.39, 0.29) is 11.9 Å². The molecular weight excluding hydrogens is 318 g/mol. The smallest absolute Gasteiger partial charge is 0.251 e. The fraction of sp³-hybridized carbons (Fsp3) is 0.350. The van der Waals surface area contributed by atoms with Crippen molar-refractivity contribution in [3.8, 4) is 11.5 Å². The van der Waals surface area contributed by atoms with Crippen molar-refractivity contribution in [1.82, 2.24) is 5.32 Å². The number of carbonyl (C=O) groups is 1. The number of hydrogen-bond donors (Lipinski definition) is 1. The first-order chi connectivity index (χ1) is 12.0.